The Morgan fingerprint density at radius 1 is 0.574 bits per heavy atom. The first kappa shape index (κ1) is 36.5. The van der Waals surface area contributed by atoms with Gasteiger partial charge in [-0.15, -0.1) is 10.3 Å². The van der Waals surface area contributed by atoms with Gasteiger partial charge in [0, 0.05) is 0 Å². The maximum absolute atomic E-state index is 14.0. The maximum atomic E-state index is 14.0. The molecule has 255 valence electrons. The molecule has 6 nitrogen and oxygen atoms in total. The van der Waals surface area contributed by atoms with Crippen molar-refractivity contribution >= 4 is 5.97 Å². The van der Waals surface area contributed by atoms with E-state index in [1.54, 1.807) is 24.3 Å². The Morgan fingerprint density at radius 3 is 1.40 bits per heavy atom. The average Bonchev–Trinajstić information content (AvgIpc) is 3.34. The van der Waals surface area contributed by atoms with Crippen LogP contribution < -0.4 is 14.2 Å². The molecule has 0 aliphatic carbocycles. The van der Waals surface area contributed by atoms with Crippen molar-refractivity contribution in [3.63, 3.8) is 0 Å². The van der Waals surface area contributed by atoms with Crippen molar-refractivity contribution in [1.29, 1.82) is 0 Å². The lowest BCUT2D eigenvalue weighted by molar-refractivity contribution is -0.260. The topological polar surface area (TPSA) is 67.9 Å². The third kappa shape index (κ3) is 10.1. The quantitative estimate of drug-likeness (QED) is 0.0697. The van der Waals surface area contributed by atoms with Gasteiger partial charge in [0.05, 0.1) is 29.9 Å². The molecular weight excluding hydrogens is 586 g/mol. The molecule has 1 fully saturated rings. The molecule has 3 aromatic carbocycles. The van der Waals surface area contributed by atoms with Crippen molar-refractivity contribution < 1.29 is 24.2 Å². The minimum atomic E-state index is -0.699. The number of carbonyl (C=O) groups is 1. The first-order valence-corrected chi connectivity index (χ1v) is 18.1. The number of hydrogen-bond donors (Lipinski definition) is 0. The second-order valence-corrected chi connectivity index (χ2v) is 13.5. The zero-order chi connectivity index (χ0) is 33.5. The molecule has 0 aromatic heterocycles. The summed E-state index contributed by atoms with van der Waals surface area (Å²) in [5.74, 6) is 1.62. The number of rotatable bonds is 20. The van der Waals surface area contributed by atoms with Crippen LogP contribution in [0.25, 0.3) is 0 Å². The van der Waals surface area contributed by atoms with Gasteiger partial charge in [0.25, 0.3) is 0 Å². The SMILES string of the molecule is CCCCCCCCOc1ccc(C(=O)Oc2ccc([C@]3(C)CC[C@@](C)(c4ccc(OCCCCCCCC)cc4)N3[O])cc2)cc1. The molecule has 1 aliphatic rings. The van der Waals surface area contributed by atoms with E-state index in [9.17, 15) is 10.0 Å². The monoisotopic (exact) mass is 642 g/mol. The summed E-state index contributed by atoms with van der Waals surface area (Å²) in [6, 6.07) is 22.5. The van der Waals surface area contributed by atoms with E-state index in [1.807, 2.05) is 62.4 Å². The van der Waals surface area contributed by atoms with Gasteiger partial charge in [-0.2, -0.15) is 0 Å². The molecular formula is C41H56NO5. The number of esters is 1. The lowest BCUT2D eigenvalue weighted by Gasteiger charge is -2.37. The second-order valence-electron chi connectivity index (χ2n) is 13.5. The molecule has 1 aliphatic heterocycles. The van der Waals surface area contributed by atoms with Gasteiger partial charge >= 0.3 is 5.97 Å². The molecule has 2 atom stereocenters. The van der Waals surface area contributed by atoms with Gasteiger partial charge in [0.15, 0.2) is 0 Å². The van der Waals surface area contributed by atoms with Gasteiger partial charge in [-0.3, -0.25) is 0 Å². The van der Waals surface area contributed by atoms with Gasteiger partial charge in [-0.25, -0.2) is 4.79 Å². The van der Waals surface area contributed by atoms with Gasteiger partial charge in [-0.05, 0) is 99.2 Å². The van der Waals surface area contributed by atoms with Crippen molar-refractivity contribution in [2.24, 2.45) is 0 Å². The van der Waals surface area contributed by atoms with E-state index in [4.69, 9.17) is 14.2 Å². The zero-order valence-corrected chi connectivity index (χ0v) is 29.2. The van der Waals surface area contributed by atoms with E-state index >= 15 is 0 Å². The fourth-order valence-corrected chi connectivity index (χ4v) is 6.55. The molecule has 1 heterocycles. The van der Waals surface area contributed by atoms with E-state index in [-0.39, 0.29) is 0 Å². The summed E-state index contributed by atoms with van der Waals surface area (Å²) in [7, 11) is 0. The third-order valence-corrected chi connectivity index (χ3v) is 9.78. The smallest absolute Gasteiger partial charge is 0.343 e. The van der Waals surface area contributed by atoms with Crippen LogP contribution in [0, 0.1) is 0 Å². The highest BCUT2D eigenvalue weighted by atomic mass is 16.5. The highest BCUT2D eigenvalue weighted by molar-refractivity contribution is 5.91. The largest absolute Gasteiger partial charge is 0.494 e. The van der Waals surface area contributed by atoms with Crippen LogP contribution in [0.15, 0.2) is 72.8 Å². The molecule has 3 aromatic rings. The van der Waals surface area contributed by atoms with Crippen LogP contribution in [0.1, 0.15) is 139 Å². The van der Waals surface area contributed by atoms with Crippen LogP contribution in [-0.4, -0.2) is 24.2 Å². The number of benzene rings is 3. The minimum Gasteiger partial charge on any atom is -0.494 e. The van der Waals surface area contributed by atoms with Crippen molar-refractivity contribution in [3.05, 3.63) is 89.5 Å². The Bertz CT molecular complexity index is 1340. The molecule has 1 radical (unpaired) electrons. The van der Waals surface area contributed by atoms with E-state index in [0.717, 1.165) is 54.9 Å². The van der Waals surface area contributed by atoms with Crippen LogP contribution >= 0.6 is 0 Å². The van der Waals surface area contributed by atoms with Gasteiger partial charge in [-0.1, -0.05) is 102 Å². The number of unbranched alkanes of at least 4 members (excludes halogenated alkanes) is 10. The second kappa shape index (κ2) is 18.3. The Kier molecular flexibility index (Phi) is 14.2. The number of hydroxylamine groups is 2. The van der Waals surface area contributed by atoms with Crippen LogP contribution in [-0.2, 0) is 16.3 Å². The molecule has 0 saturated carbocycles. The van der Waals surface area contributed by atoms with Gasteiger partial charge in [0.1, 0.15) is 17.2 Å². The normalized spacial score (nSPS) is 19.5. The van der Waals surface area contributed by atoms with Crippen LogP contribution in [0.3, 0.4) is 0 Å². The molecule has 1 saturated heterocycles. The van der Waals surface area contributed by atoms with E-state index in [2.05, 4.69) is 13.8 Å². The summed E-state index contributed by atoms with van der Waals surface area (Å²) in [5.41, 5.74) is 1.01. The number of carbonyl (C=O) groups excluding carboxylic acids is 1. The Balaban J connectivity index is 1.26. The predicted octanol–water partition coefficient (Wildman–Crippen LogP) is 11.0. The lowest BCUT2D eigenvalue weighted by Crippen LogP contribution is -2.44. The number of nitrogens with zero attached hydrogens (tertiary/aromatic N) is 1. The number of ether oxygens (including phenoxy) is 3. The molecule has 0 amide bonds. The standard InChI is InChI=1S/C41H56NO5/c1-5-7-9-11-13-15-31-45-36-23-17-33(18-24-36)39(43)47-38-27-21-35(22-28-38)41(4)30-29-40(3,42(41)44)34-19-25-37(26-20-34)46-32-16-14-12-10-8-6-2/h17-28H,5-16,29-32H2,1-4H3/t40-,41-/m0/s1. The molecule has 47 heavy (non-hydrogen) atoms. The van der Waals surface area contributed by atoms with E-state index in [0.29, 0.717) is 17.9 Å². The van der Waals surface area contributed by atoms with Crippen LogP contribution in [0.4, 0.5) is 0 Å². The summed E-state index contributed by atoms with van der Waals surface area (Å²) >= 11 is 0. The highest BCUT2D eigenvalue weighted by Crippen LogP contribution is 2.51. The average molecular weight is 643 g/mol. The highest BCUT2D eigenvalue weighted by Gasteiger charge is 2.52. The predicted molar refractivity (Wildman–Crippen MR) is 188 cm³/mol. The van der Waals surface area contributed by atoms with Crippen molar-refractivity contribution in [2.75, 3.05) is 13.2 Å². The van der Waals surface area contributed by atoms with Crippen molar-refractivity contribution in [2.45, 2.75) is 129 Å². The fourth-order valence-electron chi connectivity index (χ4n) is 6.55. The Hall–Kier alpha value is -3.35. The number of hydrogen-bond acceptors (Lipinski definition) is 5. The summed E-state index contributed by atoms with van der Waals surface area (Å²) < 4.78 is 17.5. The van der Waals surface area contributed by atoms with Crippen LogP contribution in [0.2, 0.25) is 0 Å². The molecule has 6 heteroatoms. The van der Waals surface area contributed by atoms with E-state index in [1.165, 1.54) is 69.3 Å². The van der Waals surface area contributed by atoms with Crippen molar-refractivity contribution in [3.8, 4) is 17.2 Å². The first-order valence-electron chi connectivity index (χ1n) is 18.1. The van der Waals surface area contributed by atoms with Gasteiger partial charge in [0.2, 0.25) is 0 Å². The first-order chi connectivity index (χ1) is 22.8. The zero-order valence-electron chi connectivity index (χ0n) is 29.2. The molecule has 0 N–H and O–H groups in total. The fraction of sp³-hybridized carbons (Fsp3) is 0.537. The minimum absolute atomic E-state index is 0.426. The van der Waals surface area contributed by atoms with Crippen LogP contribution in [0.5, 0.6) is 17.2 Å². The third-order valence-electron chi connectivity index (χ3n) is 9.78. The molecule has 4 rings (SSSR count). The molecule has 0 unspecified atom stereocenters. The summed E-state index contributed by atoms with van der Waals surface area (Å²) in [4.78, 5) is 12.8. The Morgan fingerprint density at radius 2 is 0.957 bits per heavy atom. The summed E-state index contributed by atoms with van der Waals surface area (Å²) in [6.07, 6.45) is 16.2. The summed E-state index contributed by atoms with van der Waals surface area (Å²) in [5, 5.41) is 15.2. The lowest BCUT2D eigenvalue weighted by atomic mass is 9.89. The van der Waals surface area contributed by atoms with Crippen molar-refractivity contribution in [1.82, 2.24) is 5.06 Å². The van der Waals surface area contributed by atoms with E-state index < -0.39 is 17.0 Å². The van der Waals surface area contributed by atoms with Gasteiger partial charge < -0.3 is 14.2 Å². The molecule has 0 spiro atoms. The summed E-state index contributed by atoms with van der Waals surface area (Å²) in [6.45, 7) is 9.89. The Labute approximate surface area is 283 Å². The molecule has 0 bridgehead atoms. The maximum Gasteiger partial charge on any atom is 0.343 e.